The van der Waals surface area contributed by atoms with Gasteiger partial charge in [-0.1, -0.05) is 34.1 Å². The Bertz CT molecular complexity index is 767. The molecule has 1 N–H and O–H groups in total. The van der Waals surface area contributed by atoms with Crippen LogP contribution in [0.25, 0.3) is 0 Å². The van der Waals surface area contributed by atoms with Crippen LogP contribution in [0.15, 0.2) is 46.9 Å². The highest BCUT2D eigenvalue weighted by Gasteiger charge is 2.20. The Balaban J connectivity index is 1.93. The van der Waals surface area contributed by atoms with Gasteiger partial charge in [0.1, 0.15) is 11.6 Å². The maximum Gasteiger partial charge on any atom is 0.311 e. The number of carbonyl (C=O) groups excluding carboxylic acids is 2. The second-order valence-electron chi connectivity index (χ2n) is 5.01. The van der Waals surface area contributed by atoms with E-state index in [4.69, 9.17) is 4.74 Å². The van der Waals surface area contributed by atoms with Gasteiger partial charge in [0.05, 0.1) is 12.1 Å². The fraction of sp³-hybridized carbons (Fsp3) is 0.176. The van der Waals surface area contributed by atoms with Gasteiger partial charge in [-0.05, 0) is 36.8 Å². The van der Waals surface area contributed by atoms with E-state index in [1.807, 2.05) is 0 Å². The molecule has 0 aromatic heterocycles. The molecule has 0 spiro atoms. The molecule has 0 aliphatic heterocycles. The topological polar surface area (TPSA) is 55.4 Å². The Morgan fingerprint density at radius 2 is 1.88 bits per heavy atom. The number of amides is 1. The SMILES string of the molecule is C[C@@H](OC(=O)Cc1ccccc1F)C(=O)Nc1ccc(Br)cc1F. The third kappa shape index (κ3) is 4.86. The molecule has 126 valence electrons. The molecule has 2 rings (SSSR count). The molecule has 0 radical (unpaired) electrons. The third-order valence-corrected chi connectivity index (χ3v) is 3.65. The minimum Gasteiger partial charge on any atom is -0.452 e. The van der Waals surface area contributed by atoms with E-state index in [2.05, 4.69) is 21.2 Å². The molecule has 0 saturated carbocycles. The van der Waals surface area contributed by atoms with Gasteiger partial charge >= 0.3 is 5.97 Å². The van der Waals surface area contributed by atoms with E-state index < -0.39 is 29.6 Å². The molecule has 24 heavy (non-hydrogen) atoms. The molecule has 1 amide bonds. The van der Waals surface area contributed by atoms with Crippen molar-refractivity contribution in [3.63, 3.8) is 0 Å². The lowest BCUT2D eigenvalue weighted by Crippen LogP contribution is -2.30. The van der Waals surface area contributed by atoms with Gasteiger partial charge in [-0.2, -0.15) is 0 Å². The van der Waals surface area contributed by atoms with Gasteiger partial charge in [-0.25, -0.2) is 8.78 Å². The molecule has 0 aliphatic carbocycles. The minimum absolute atomic E-state index is 0.0276. The lowest BCUT2D eigenvalue weighted by atomic mass is 10.1. The lowest BCUT2D eigenvalue weighted by Gasteiger charge is -2.14. The summed E-state index contributed by atoms with van der Waals surface area (Å²) in [6.07, 6.45) is -1.44. The summed E-state index contributed by atoms with van der Waals surface area (Å²) in [5.41, 5.74) is 0.147. The number of esters is 1. The van der Waals surface area contributed by atoms with Crippen LogP contribution in [-0.4, -0.2) is 18.0 Å². The second-order valence-corrected chi connectivity index (χ2v) is 5.93. The molecule has 0 heterocycles. The van der Waals surface area contributed by atoms with Crippen molar-refractivity contribution in [1.29, 1.82) is 0 Å². The highest BCUT2D eigenvalue weighted by molar-refractivity contribution is 9.10. The number of ether oxygens (including phenoxy) is 1. The summed E-state index contributed by atoms with van der Waals surface area (Å²) < 4.78 is 32.6. The van der Waals surface area contributed by atoms with E-state index in [0.717, 1.165) is 0 Å². The summed E-state index contributed by atoms with van der Waals surface area (Å²) in [5.74, 6) is -2.58. The number of carbonyl (C=O) groups is 2. The van der Waals surface area contributed by atoms with E-state index in [1.54, 1.807) is 12.1 Å². The summed E-state index contributed by atoms with van der Waals surface area (Å²) in [5, 5.41) is 2.33. The van der Waals surface area contributed by atoms with Crippen molar-refractivity contribution in [3.8, 4) is 0 Å². The minimum atomic E-state index is -1.15. The van der Waals surface area contributed by atoms with E-state index in [9.17, 15) is 18.4 Å². The summed E-state index contributed by atoms with van der Waals surface area (Å²) in [4.78, 5) is 23.8. The van der Waals surface area contributed by atoms with E-state index >= 15 is 0 Å². The van der Waals surface area contributed by atoms with Crippen molar-refractivity contribution < 1.29 is 23.1 Å². The molecule has 0 bridgehead atoms. The number of nitrogens with one attached hydrogen (secondary N) is 1. The van der Waals surface area contributed by atoms with Crippen LogP contribution < -0.4 is 5.32 Å². The summed E-state index contributed by atoms with van der Waals surface area (Å²) in [7, 11) is 0. The zero-order valence-corrected chi connectivity index (χ0v) is 14.3. The van der Waals surface area contributed by atoms with Crippen molar-refractivity contribution >= 4 is 33.5 Å². The van der Waals surface area contributed by atoms with Crippen molar-refractivity contribution in [2.24, 2.45) is 0 Å². The zero-order valence-electron chi connectivity index (χ0n) is 12.7. The average molecular weight is 398 g/mol. The van der Waals surface area contributed by atoms with Crippen molar-refractivity contribution in [3.05, 3.63) is 64.1 Å². The van der Waals surface area contributed by atoms with Gasteiger partial charge in [0.2, 0.25) is 0 Å². The largest absolute Gasteiger partial charge is 0.452 e. The van der Waals surface area contributed by atoms with Crippen LogP contribution in [0.2, 0.25) is 0 Å². The molecular weight excluding hydrogens is 384 g/mol. The first kappa shape index (κ1) is 18.1. The van der Waals surface area contributed by atoms with Crippen LogP contribution in [0, 0.1) is 11.6 Å². The van der Waals surface area contributed by atoms with Gasteiger partial charge in [-0.15, -0.1) is 0 Å². The molecule has 1 atom stereocenters. The average Bonchev–Trinajstić information content (AvgIpc) is 2.52. The van der Waals surface area contributed by atoms with Crippen LogP contribution in [-0.2, 0) is 20.7 Å². The highest BCUT2D eigenvalue weighted by atomic mass is 79.9. The highest BCUT2D eigenvalue weighted by Crippen LogP contribution is 2.19. The maximum atomic E-state index is 13.7. The number of halogens is 3. The first-order valence-electron chi connectivity index (χ1n) is 7.05. The van der Waals surface area contributed by atoms with E-state index in [0.29, 0.717) is 4.47 Å². The Morgan fingerprint density at radius 1 is 1.17 bits per heavy atom. The number of anilines is 1. The quantitative estimate of drug-likeness (QED) is 0.779. The lowest BCUT2D eigenvalue weighted by molar-refractivity contribution is -0.152. The normalized spacial score (nSPS) is 11.7. The molecular formula is C17H14BrF2NO3. The van der Waals surface area contributed by atoms with Gasteiger partial charge in [0.25, 0.3) is 5.91 Å². The monoisotopic (exact) mass is 397 g/mol. The first-order valence-corrected chi connectivity index (χ1v) is 7.85. The molecule has 7 heteroatoms. The number of hydrogen-bond donors (Lipinski definition) is 1. The van der Waals surface area contributed by atoms with Gasteiger partial charge in [0, 0.05) is 4.47 Å². The van der Waals surface area contributed by atoms with Crippen LogP contribution in [0.1, 0.15) is 12.5 Å². The van der Waals surface area contributed by atoms with Crippen LogP contribution >= 0.6 is 15.9 Å². The summed E-state index contributed by atoms with van der Waals surface area (Å²) in [6, 6.07) is 9.93. The fourth-order valence-corrected chi connectivity index (χ4v) is 2.25. The fourth-order valence-electron chi connectivity index (χ4n) is 1.91. The van der Waals surface area contributed by atoms with E-state index in [-0.39, 0.29) is 17.7 Å². The predicted octanol–water partition coefficient (Wildman–Crippen LogP) is 3.84. The van der Waals surface area contributed by atoms with Crippen LogP contribution in [0.4, 0.5) is 14.5 Å². The molecule has 0 unspecified atom stereocenters. The molecule has 0 aliphatic rings. The Kier molecular flexibility index (Phi) is 6.03. The summed E-state index contributed by atoms with van der Waals surface area (Å²) >= 11 is 3.11. The smallest absolute Gasteiger partial charge is 0.311 e. The predicted molar refractivity (Wildman–Crippen MR) is 88.4 cm³/mol. The molecule has 2 aromatic carbocycles. The van der Waals surface area contributed by atoms with E-state index in [1.165, 1.54) is 37.3 Å². The molecule has 0 fully saturated rings. The van der Waals surface area contributed by atoms with Gasteiger partial charge in [-0.3, -0.25) is 9.59 Å². The van der Waals surface area contributed by atoms with Crippen molar-refractivity contribution in [2.75, 3.05) is 5.32 Å². The Labute approximate surface area is 145 Å². The van der Waals surface area contributed by atoms with Gasteiger partial charge < -0.3 is 10.1 Å². The maximum absolute atomic E-state index is 13.7. The van der Waals surface area contributed by atoms with Crippen molar-refractivity contribution in [1.82, 2.24) is 0 Å². The zero-order chi connectivity index (χ0) is 17.7. The van der Waals surface area contributed by atoms with Crippen LogP contribution in [0.5, 0.6) is 0 Å². The number of rotatable bonds is 5. The number of benzene rings is 2. The summed E-state index contributed by atoms with van der Waals surface area (Å²) in [6.45, 7) is 1.35. The standard InChI is InChI=1S/C17H14BrF2NO3/c1-10(17(23)21-15-7-6-12(18)9-14(15)20)24-16(22)8-11-4-2-3-5-13(11)19/h2-7,9-10H,8H2,1H3,(H,21,23)/t10-/m1/s1. The van der Waals surface area contributed by atoms with Crippen LogP contribution in [0.3, 0.4) is 0 Å². The third-order valence-electron chi connectivity index (χ3n) is 3.16. The van der Waals surface area contributed by atoms with Crippen molar-refractivity contribution in [2.45, 2.75) is 19.4 Å². The molecule has 0 saturated heterocycles. The molecule has 2 aromatic rings. The first-order chi connectivity index (χ1) is 11.4. The second kappa shape index (κ2) is 8.01. The number of hydrogen-bond acceptors (Lipinski definition) is 3. The molecule has 4 nitrogen and oxygen atoms in total. The van der Waals surface area contributed by atoms with Gasteiger partial charge in [0.15, 0.2) is 6.10 Å². The Morgan fingerprint density at radius 3 is 2.54 bits per heavy atom. The Hall–Kier alpha value is -2.28.